The van der Waals surface area contributed by atoms with Crippen LogP contribution in [0.5, 0.6) is 0 Å². The lowest BCUT2D eigenvalue weighted by Crippen LogP contribution is -2.09. The molecule has 0 saturated carbocycles. The fourth-order valence-corrected chi connectivity index (χ4v) is 1.83. The minimum atomic E-state index is -0.338. The zero-order valence-corrected chi connectivity index (χ0v) is 8.98. The zero-order valence-electron chi connectivity index (χ0n) is 8.16. The van der Waals surface area contributed by atoms with Gasteiger partial charge in [0.2, 0.25) is 0 Å². The molecule has 0 fully saturated rings. The summed E-state index contributed by atoms with van der Waals surface area (Å²) in [6, 6.07) is 10.5. The molecular formula is C11H13NS. The van der Waals surface area contributed by atoms with Crippen LogP contribution in [0.3, 0.4) is 0 Å². The second-order valence-electron chi connectivity index (χ2n) is 3.54. The van der Waals surface area contributed by atoms with E-state index in [2.05, 4.69) is 37.3 Å². The molecule has 2 heteroatoms. The van der Waals surface area contributed by atoms with E-state index < -0.39 is 0 Å². The minimum absolute atomic E-state index is 0.338. The largest absolute Gasteiger partial charge is 0.197 e. The van der Waals surface area contributed by atoms with Gasteiger partial charge in [0.1, 0.15) is 4.75 Å². The van der Waals surface area contributed by atoms with E-state index in [1.54, 1.807) is 11.8 Å². The molecule has 68 valence electrons. The second-order valence-corrected chi connectivity index (χ2v) is 5.23. The quantitative estimate of drug-likeness (QED) is 0.669. The van der Waals surface area contributed by atoms with Gasteiger partial charge in [-0.15, -0.1) is 11.8 Å². The summed E-state index contributed by atoms with van der Waals surface area (Å²) in [5.74, 6) is 0. The fourth-order valence-electron chi connectivity index (χ4n) is 0.924. The molecule has 0 amide bonds. The van der Waals surface area contributed by atoms with Gasteiger partial charge >= 0.3 is 0 Å². The molecule has 1 rings (SSSR count). The third kappa shape index (κ3) is 3.12. The Bertz CT molecular complexity index is 319. The zero-order chi connectivity index (χ0) is 9.90. The number of nitriles is 1. The van der Waals surface area contributed by atoms with Crippen LogP contribution in [-0.2, 0) is 0 Å². The predicted molar refractivity (Wildman–Crippen MR) is 56.7 cm³/mol. The Morgan fingerprint density at radius 3 is 2.23 bits per heavy atom. The van der Waals surface area contributed by atoms with Crippen LogP contribution in [0.25, 0.3) is 0 Å². The van der Waals surface area contributed by atoms with E-state index in [0.29, 0.717) is 0 Å². The van der Waals surface area contributed by atoms with E-state index in [-0.39, 0.29) is 4.75 Å². The van der Waals surface area contributed by atoms with Gasteiger partial charge in [-0.05, 0) is 32.9 Å². The maximum absolute atomic E-state index is 8.84. The Hall–Kier alpha value is -0.940. The maximum atomic E-state index is 8.84. The first kappa shape index (κ1) is 10.1. The Labute approximate surface area is 83.8 Å². The topological polar surface area (TPSA) is 23.8 Å². The van der Waals surface area contributed by atoms with E-state index in [4.69, 9.17) is 5.26 Å². The van der Waals surface area contributed by atoms with Gasteiger partial charge in [0.05, 0.1) is 6.07 Å². The molecule has 0 spiro atoms. The Balaban J connectivity index is 2.77. The van der Waals surface area contributed by atoms with E-state index in [1.807, 2.05) is 13.8 Å². The summed E-state index contributed by atoms with van der Waals surface area (Å²) in [7, 11) is 0. The molecular weight excluding hydrogens is 178 g/mol. The number of benzene rings is 1. The Morgan fingerprint density at radius 1 is 1.23 bits per heavy atom. The number of hydrogen-bond donors (Lipinski definition) is 0. The molecule has 0 N–H and O–H groups in total. The van der Waals surface area contributed by atoms with Crippen molar-refractivity contribution in [3.05, 3.63) is 29.8 Å². The van der Waals surface area contributed by atoms with Gasteiger partial charge in [-0.1, -0.05) is 17.7 Å². The third-order valence-corrected chi connectivity index (χ3v) is 2.77. The number of aryl methyl sites for hydroxylation is 1. The normalized spacial score (nSPS) is 10.9. The summed E-state index contributed by atoms with van der Waals surface area (Å²) in [5, 5.41) is 8.84. The lowest BCUT2D eigenvalue weighted by molar-refractivity contribution is 0.913. The summed E-state index contributed by atoms with van der Waals surface area (Å²) < 4.78 is -0.338. The van der Waals surface area contributed by atoms with Crippen molar-refractivity contribution in [3.63, 3.8) is 0 Å². The summed E-state index contributed by atoms with van der Waals surface area (Å²) >= 11 is 1.59. The van der Waals surface area contributed by atoms with E-state index in [9.17, 15) is 0 Å². The van der Waals surface area contributed by atoms with Gasteiger partial charge in [0.25, 0.3) is 0 Å². The van der Waals surface area contributed by atoms with E-state index in [0.717, 1.165) is 4.90 Å². The molecule has 0 heterocycles. The second kappa shape index (κ2) is 3.85. The first-order chi connectivity index (χ1) is 6.03. The molecule has 0 aliphatic carbocycles. The standard InChI is InChI=1S/C11H13NS/c1-9-4-6-10(7-5-9)13-11(2,3)8-12/h4-7H,1-3H3. The molecule has 0 unspecified atom stereocenters. The van der Waals surface area contributed by atoms with Crippen molar-refractivity contribution < 1.29 is 0 Å². The van der Waals surface area contributed by atoms with Crippen molar-refractivity contribution in [3.8, 4) is 6.07 Å². The summed E-state index contributed by atoms with van der Waals surface area (Å²) in [6.07, 6.45) is 0. The first-order valence-corrected chi connectivity index (χ1v) is 5.02. The molecule has 0 aliphatic heterocycles. The number of thioether (sulfide) groups is 1. The van der Waals surface area contributed by atoms with Crippen LogP contribution in [-0.4, -0.2) is 4.75 Å². The van der Waals surface area contributed by atoms with Crippen LogP contribution in [0.4, 0.5) is 0 Å². The van der Waals surface area contributed by atoms with E-state index in [1.165, 1.54) is 5.56 Å². The smallest absolute Gasteiger partial charge is 0.101 e. The van der Waals surface area contributed by atoms with Gasteiger partial charge in [-0.3, -0.25) is 0 Å². The van der Waals surface area contributed by atoms with Crippen molar-refractivity contribution in [2.45, 2.75) is 30.4 Å². The Kier molecular flexibility index (Phi) is 3.00. The highest BCUT2D eigenvalue weighted by Crippen LogP contribution is 2.31. The van der Waals surface area contributed by atoms with Crippen LogP contribution in [0.1, 0.15) is 19.4 Å². The highest BCUT2D eigenvalue weighted by atomic mass is 32.2. The molecule has 0 radical (unpaired) electrons. The molecule has 1 aromatic rings. The lowest BCUT2D eigenvalue weighted by atomic mass is 10.2. The highest BCUT2D eigenvalue weighted by Gasteiger charge is 2.17. The van der Waals surface area contributed by atoms with Gasteiger partial charge < -0.3 is 0 Å². The third-order valence-electron chi connectivity index (χ3n) is 1.66. The van der Waals surface area contributed by atoms with Gasteiger partial charge in [0, 0.05) is 4.90 Å². The molecule has 0 saturated heterocycles. The summed E-state index contributed by atoms with van der Waals surface area (Å²) in [4.78, 5) is 1.15. The number of rotatable bonds is 2. The van der Waals surface area contributed by atoms with Crippen molar-refractivity contribution in [1.29, 1.82) is 5.26 Å². The predicted octanol–water partition coefficient (Wildman–Crippen LogP) is 3.39. The molecule has 1 nitrogen and oxygen atoms in total. The molecule has 0 aliphatic rings. The van der Waals surface area contributed by atoms with Crippen molar-refractivity contribution in [2.24, 2.45) is 0 Å². The number of hydrogen-bond acceptors (Lipinski definition) is 2. The van der Waals surface area contributed by atoms with Gasteiger partial charge in [-0.25, -0.2) is 0 Å². The SMILES string of the molecule is Cc1ccc(SC(C)(C)C#N)cc1. The van der Waals surface area contributed by atoms with Crippen molar-refractivity contribution in [2.75, 3.05) is 0 Å². The van der Waals surface area contributed by atoms with Gasteiger partial charge in [0.15, 0.2) is 0 Å². The monoisotopic (exact) mass is 191 g/mol. The van der Waals surface area contributed by atoms with Gasteiger partial charge in [-0.2, -0.15) is 5.26 Å². The molecule has 13 heavy (non-hydrogen) atoms. The lowest BCUT2D eigenvalue weighted by Gasteiger charge is -2.14. The highest BCUT2D eigenvalue weighted by molar-refractivity contribution is 8.00. The van der Waals surface area contributed by atoms with Crippen LogP contribution >= 0.6 is 11.8 Å². The molecule has 0 bridgehead atoms. The summed E-state index contributed by atoms with van der Waals surface area (Å²) in [6.45, 7) is 5.92. The Morgan fingerprint density at radius 2 is 1.77 bits per heavy atom. The van der Waals surface area contributed by atoms with Crippen molar-refractivity contribution >= 4 is 11.8 Å². The maximum Gasteiger partial charge on any atom is 0.101 e. The van der Waals surface area contributed by atoms with E-state index >= 15 is 0 Å². The summed E-state index contributed by atoms with van der Waals surface area (Å²) in [5.41, 5.74) is 1.25. The average molecular weight is 191 g/mol. The van der Waals surface area contributed by atoms with Crippen LogP contribution in [0.2, 0.25) is 0 Å². The van der Waals surface area contributed by atoms with Crippen molar-refractivity contribution in [1.82, 2.24) is 0 Å². The average Bonchev–Trinajstić information content (AvgIpc) is 2.09. The molecule has 1 aromatic carbocycles. The molecule has 0 atom stereocenters. The fraction of sp³-hybridized carbons (Fsp3) is 0.364. The van der Waals surface area contributed by atoms with Crippen LogP contribution in [0, 0.1) is 18.3 Å². The first-order valence-electron chi connectivity index (χ1n) is 4.20. The van der Waals surface area contributed by atoms with Crippen LogP contribution in [0.15, 0.2) is 29.2 Å². The number of nitrogens with zero attached hydrogens (tertiary/aromatic N) is 1. The molecule has 0 aromatic heterocycles. The minimum Gasteiger partial charge on any atom is -0.197 e. The van der Waals surface area contributed by atoms with Crippen LogP contribution < -0.4 is 0 Å².